The molecule has 1 aromatic heterocycles. The Kier molecular flexibility index (Phi) is 3.87. The zero-order valence-corrected chi connectivity index (χ0v) is 11.3. The molecule has 96 valence electrons. The Labute approximate surface area is 104 Å². The fourth-order valence-electron chi connectivity index (χ4n) is 3.14. The van der Waals surface area contributed by atoms with E-state index >= 15 is 0 Å². The highest BCUT2D eigenvalue weighted by atomic mass is 15.3. The van der Waals surface area contributed by atoms with Crippen molar-refractivity contribution in [2.24, 2.45) is 24.6 Å². The van der Waals surface area contributed by atoms with Crippen LogP contribution >= 0.6 is 0 Å². The van der Waals surface area contributed by atoms with Crippen molar-refractivity contribution >= 4 is 0 Å². The summed E-state index contributed by atoms with van der Waals surface area (Å²) in [5.74, 6) is 1.63. The van der Waals surface area contributed by atoms with E-state index in [1.54, 1.807) is 0 Å². The maximum absolute atomic E-state index is 6.36. The molecule has 0 aliphatic heterocycles. The van der Waals surface area contributed by atoms with Crippen LogP contribution in [0.4, 0.5) is 0 Å². The smallest absolute Gasteiger partial charge is 0.0596 e. The number of aromatic nitrogens is 2. The molecule has 0 amide bonds. The molecule has 1 aromatic rings. The zero-order valence-electron chi connectivity index (χ0n) is 11.3. The van der Waals surface area contributed by atoms with Crippen LogP contribution in [0.3, 0.4) is 0 Å². The summed E-state index contributed by atoms with van der Waals surface area (Å²) in [4.78, 5) is 0. The molecule has 0 radical (unpaired) electrons. The Balaban J connectivity index is 1.93. The lowest BCUT2D eigenvalue weighted by Gasteiger charge is -2.19. The summed E-state index contributed by atoms with van der Waals surface area (Å²) < 4.78 is 1.97. The molecule has 0 spiro atoms. The maximum atomic E-state index is 6.36. The van der Waals surface area contributed by atoms with E-state index < -0.39 is 0 Å². The van der Waals surface area contributed by atoms with Gasteiger partial charge in [-0.05, 0) is 37.7 Å². The van der Waals surface area contributed by atoms with Gasteiger partial charge in [-0.15, -0.1) is 0 Å². The van der Waals surface area contributed by atoms with E-state index in [4.69, 9.17) is 5.73 Å². The van der Waals surface area contributed by atoms with Gasteiger partial charge >= 0.3 is 0 Å². The van der Waals surface area contributed by atoms with E-state index in [9.17, 15) is 0 Å². The SMILES string of the molecule is CCC1CCC(C(N)Cc2cc(C)nn2C)C1. The van der Waals surface area contributed by atoms with Crippen LogP contribution in [0.15, 0.2) is 6.07 Å². The second kappa shape index (κ2) is 5.21. The number of rotatable bonds is 4. The van der Waals surface area contributed by atoms with Crippen LogP contribution in [-0.2, 0) is 13.5 Å². The molecule has 2 rings (SSSR count). The van der Waals surface area contributed by atoms with Crippen LogP contribution in [0.5, 0.6) is 0 Å². The molecule has 0 bridgehead atoms. The molecule has 3 atom stereocenters. The first-order valence-electron chi connectivity index (χ1n) is 6.85. The van der Waals surface area contributed by atoms with Crippen LogP contribution in [-0.4, -0.2) is 15.8 Å². The minimum atomic E-state index is 0.307. The standard InChI is InChI=1S/C14H25N3/c1-4-11-5-6-12(8-11)14(15)9-13-7-10(2)16-17(13)3/h7,11-12,14H,4-6,8-9,15H2,1-3H3. The first kappa shape index (κ1) is 12.6. The van der Waals surface area contributed by atoms with Gasteiger partial charge in [0.05, 0.1) is 5.69 Å². The van der Waals surface area contributed by atoms with Gasteiger partial charge in [0.2, 0.25) is 0 Å². The van der Waals surface area contributed by atoms with Gasteiger partial charge in [0.25, 0.3) is 0 Å². The molecule has 1 saturated carbocycles. The molecule has 2 N–H and O–H groups in total. The molecule has 1 aliphatic rings. The topological polar surface area (TPSA) is 43.8 Å². The predicted octanol–water partition coefficient (Wildman–Crippen LogP) is 2.42. The summed E-state index contributed by atoms with van der Waals surface area (Å²) in [5.41, 5.74) is 8.73. The van der Waals surface area contributed by atoms with E-state index in [0.29, 0.717) is 6.04 Å². The summed E-state index contributed by atoms with van der Waals surface area (Å²) in [6.45, 7) is 4.33. The molecule has 0 aromatic carbocycles. The van der Waals surface area contributed by atoms with E-state index in [-0.39, 0.29) is 0 Å². The molecule has 3 nitrogen and oxygen atoms in total. The summed E-state index contributed by atoms with van der Waals surface area (Å²) in [7, 11) is 2.01. The van der Waals surface area contributed by atoms with Gasteiger partial charge in [-0.25, -0.2) is 0 Å². The van der Waals surface area contributed by atoms with Gasteiger partial charge in [0.15, 0.2) is 0 Å². The van der Waals surface area contributed by atoms with Gasteiger partial charge in [-0.1, -0.05) is 19.8 Å². The molecular weight excluding hydrogens is 210 g/mol. The van der Waals surface area contributed by atoms with Crippen molar-refractivity contribution in [1.29, 1.82) is 0 Å². The molecule has 1 aliphatic carbocycles. The molecule has 0 saturated heterocycles. The molecule has 1 heterocycles. The van der Waals surface area contributed by atoms with Crippen LogP contribution in [0.1, 0.15) is 44.0 Å². The normalized spacial score (nSPS) is 26.4. The lowest BCUT2D eigenvalue weighted by molar-refractivity contribution is 0.399. The average Bonchev–Trinajstić information content (AvgIpc) is 2.86. The van der Waals surface area contributed by atoms with Crippen molar-refractivity contribution in [3.05, 3.63) is 17.5 Å². The van der Waals surface area contributed by atoms with Crippen molar-refractivity contribution in [1.82, 2.24) is 9.78 Å². The number of hydrogen-bond acceptors (Lipinski definition) is 2. The van der Waals surface area contributed by atoms with Gasteiger partial charge < -0.3 is 5.73 Å². The Morgan fingerprint density at radius 2 is 2.29 bits per heavy atom. The Bertz CT molecular complexity index is 370. The first-order valence-corrected chi connectivity index (χ1v) is 6.85. The summed E-state index contributed by atoms with van der Waals surface area (Å²) in [6, 6.07) is 2.47. The van der Waals surface area contributed by atoms with Crippen molar-refractivity contribution in [2.45, 2.75) is 52.0 Å². The maximum Gasteiger partial charge on any atom is 0.0596 e. The largest absolute Gasteiger partial charge is 0.327 e. The van der Waals surface area contributed by atoms with Gasteiger partial charge in [0.1, 0.15) is 0 Å². The fourth-order valence-corrected chi connectivity index (χ4v) is 3.14. The molecule has 17 heavy (non-hydrogen) atoms. The highest BCUT2D eigenvalue weighted by Crippen LogP contribution is 2.35. The first-order chi connectivity index (χ1) is 8.10. The molecule has 1 fully saturated rings. The summed E-state index contributed by atoms with van der Waals surface area (Å²) in [6.07, 6.45) is 6.30. The highest BCUT2D eigenvalue weighted by Gasteiger charge is 2.28. The Hall–Kier alpha value is -0.830. The Morgan fingerprint density at radius 3 is 2.82 bits per heavy atom. The third kappa shape index (κ3) is 2.89. The number of hydrogen-bond donors (Lipinski definition) is 1. The van der Waals surface area contributed by atoms with Crippen LogP contribution in [0.25, 0.3) is 0 Å². The van der Waals surface area contributed by atoms with Crippen molar-refractivity contribution in [3.8, 4) is 0 Å². The zero-order chi connectivity index (χ0) is 12.4. The van der Waals surface area contributed by atoms with Crippen LogP contribution in [0, 0.1) is 18.8 Å². The van der Waals surface area contributed by atoms with E-state index in [0.717, 1.165) is 24.0 Å². The van der Waals surface area contributed by atoms with Gasteiger partial charge in [-0.2, -0.15) is 5.10 Å². The van der Waals surface area contributed by atoms with E-state index in [1.807, 2.05) is 18.7 Å². The van der Waals surface area contributed by atoms with Crippen molar-refractivity contribution in [2.75, 3.05) is 0 Å². The van der Waals surface area contributed by atoms with E-state index in [2.05, 4.69) is 18.1 Å². The number of nitrogens with two attached hydrogens (primary N) is 1. The summed E-state index contributed by atoms with van der Waals surface area (Å²) in [5, 5.41) is 4.38. The number of nitrogens with zero attached hydrogens (tertiary/aromatic N) is 2. The average molecular weight is 235 g/mol. The monoisotopic (exact) mass is 235 g/mol. The third-order valence-corrected chi connectivity index (χ3v) is 4.31. The second-order valence-corrected chi connectivity index (χ2v) is 5.62. The minimum Gasteiger partial charge on any atom is -0.327 e. The van der Waals surface area contributed by atoms with Gasteiger partial charge in [-0.3, -0.25) is 4.68 Å². The van der Waals surface area contributed by atoms with E-state index in [1.165, 1.54) is 31.4 Å². The quantitative estimate of drug-likeness (QED) is 0.871. The van der Waals surface area contributed by atoms with Gasteiger partial charge in [0, 0.05) is 25.2 Å². The fraction of sp³-hybridized carbons (Fsp3) is 0.786. The molecule has 3 heteroatoms. The van der Waals surface area contributed by atoms with Crippen LogP contribution in [0.2, 0.25) is 0 Å². The molecular formula is C14H25N3. The van der Waals surface area contributed by atoms with Crippen molar-refractivity contribution < 1.29 is 0 Å². The Morgan fingerprint density at radius 1 is 1.53 bits per heavy atom. The minimum absolute atomic E-state index is 0.307. The lowest BCUT2D eigenvalue weighted by atomic mass is 9.93. The predicted molar refractivity (Wildman–Crippen MR) is 70.7 cm³/mol. The number of aryl methyl sites for hydroxylation is 2. The second-order valence-electron chi connectivity index (χ2n) is 5.62. The molecule has 3 unspecified atom stereocenters. The highest BCUT2D eigenvalue weighted by molar-refractivity contribution is 5.10. The lowest BCUT2D eigenvalue weighted by Crippen LogP contribution is -2.31. The summed E-state index contributed by atoms with van der Waals surface area (Å²) >= 11 is 0. The third-order valence-electron chi connectivity index (χ3n) is 4.31. The van der Waals surface area contributed by atoms with Crippen LogP contribution < -0.4 is 5.73 Å². The van der Waals surface area contributed by atoms with Crippen molar-refractivity contribution in [3.63, 3.8) is 0 Å².